The molecule has 1 amide bonds. The molecule has 1 aromatic rings. The minimum absolute atomic E-state index is 0.258. The Labute approximate surface area is 129 Å². The van der Waals surface area contributed by atoms with Crippen LogP contribution in [0.1, 0.15) is 18.4 Å². The molecule has 1 aliphatic rings. The molecule has 0 bridgehead atoms. The van der Waals surface area contributed by atoms with Crippen LogP contribution in [0.2, 0.25) is 5.02 Å². The zero-order valence-corrected chi connectivity index (χ0v) is 12.9. The number of hydrogen-bond acceptors (Lipinski definition) is 4. The molecule has 1 aliphatic heterocycles. The molecular weight excluding hydrogens is 292 g/mol. The molecule has 1 fully saturated rings. The highest BCUT2D eigenvalue weighted by molar-refractivity contribution is 6.32. The molecule has 0 saturated carbocycles. The average Bonchev–Trinajstić information content (AvgIpc) is 2.48. The van der Waals surface area contributed by atoms with Crippen molar-refractivity contribution in [3.8, 4) is 5.75 Å². The first-order chi connectivity index (χ1) is 10.1. The minimum Gasteiger partial charge on any atom is -0.495 e. The van der Waals surface area contributed by atoms with E-state index in [4.69, 9.17) is 26.8 Å². The van der Waals surface area contributed by atoms with Gasteiger partial charge in [-0.1, -0.05) is 17.7 Å². The highest BCUT2D eigenvalue weighted by Crippen LogP contribution is 2.30. The van der Waals surface area contributed by atoms with Crippen LogP contribution in [0.3, 0.4) is 0 Å². The Morgan fingerprint density at radius 3 is 2.76 bits per heavy atom. The molecule has 0 aliphatic carbocycles. The standard InChI is InChI=1S/C15H21ClN2O3/c1-20-13-3-2-11(8-12(13)16)9-18-10-15(14(17)19)4-6-21-7-5-15/h2-3,8,18H,4-7,9-10H2,1H3,(H2,17,19). The molecule has 1 heterocycles. The Kier molecular flexibility index (Phi) is 5.45. The maximum absolute atomic E-state index is 11.7. The van der Waals surface area contributed by atoms with Gasteiger partial charge in [-0.25, -0.2) is 0 Å². The van der Waals surface area contributed by atoms with Crippen molar-refractivity contribution in [1.82, 2.24) is 5.32 Å². The van der Waals surface area contributed by atoms with Gasteiger partial charge in [-0.2, -0.15) is 0 Å². The SMILES string of the molecule is COc1ccc(CNCC2(C(N)=O)CCOCC2)cc1Cl. The first kappa shape index (κ1) is 16.1. The smallest absolute Gasteiger partial charge is 0.225 e. The fourth-order valence-corrected chi connectivity index (χ4v) is 2.82. The lowest BCUT2D eigenvalue weighted by Gasteiger charge is -2.34. The number of hydrogen-bond donors (Lipinski definition) is 2. The molecule has 0 radical (unpaired) electrons. The van der Waals surface area contributed by atoms with Crippen molar-refractivity contribution in [2.75, 3.05) is 26.9 Å². The van der Waals surface area contributed by atoms with Crippen molar-refractivity contribution in [2.24, 2.45) is 11.1 Å². The van der Waals surface area contributed by atoms with E-state index in [0.717, 1.165) is 5.56 Å². The third-order valence-electron chi connectivity index (χ3n) is 3.98. The van der Waals surface area contributed by atoms with Crippen LogP contribution in [0, 0.1) is 5.41 Å². The third kappa shape index (κ3) is 3.87. The van der Waals surface area contributed by atoms with Crippen molar-refractivity contribution < 1.29 is 14.3 Å². The summed E-state index contributed by atoms with van der Waals surface area (Å²) >= 11 is 6.09. The van der Waals surface area contributed by atoms with Gasteiger partial charge in [-0.3, -0.25) is 4.79 Å². The van der Waals surface area contributed by atoms with E-state index >= 15 is 0 Å². The Bertz CT molecular complexity index is 502. The number of nitrogens with one attached hydrogen (secondary N) is 1. The summed E-state index contributed by atoms with van der Waals surface area (Å²) in [5.41, 5.74) is 6.10. The summed E-state index contributed by atoms with van der Waals surface area (Å²) < 4.78 is 10.4. The molecule has 3 N–H and O–H groups in total. The third-order valence-corrected chi connectivity index (χ3v) is 4.28. The number of methoxy groups -OCH3 is 1. The van der Waals surface area contributed by atoms with Crippen LogP contribution in [-0.4, -0.2) is 32.8 Å². The van der Waals surface area contributed by atoms with Crippen molar-refractivity contribution in [1.29, 1.82) is 0 Å². The lowest BCUT2D eigenvalue weighted by Crippen LogP contribution is -2.48. The second kappa shape index (κ2) is 7.11. The van der Waals surface area contributed by atoms with E-state index < -0.39 is 5.41 Å². The Morgan fingerprint density at radius 2 is 2.19 bits per heavy atom. The van der Waals surface area contributed by atoms with Gasteiger partial charge in [0.05, 0.1) is 17.5 Å². The van der Waals surface area contributed by atoms with Gasteiger partial charge >= 0.3 is 0 Å². The topological polar surface area (TPSA) is 73.6 Å². The van der Waals surface area contributed by atoms with E-state index in [9.17, 15) is 4.79 Å². The predicted molar refractivity (Wildman–Crippen MR) is 81.4 cm³/mol. The van der Waals surface area contributed by atoms with Crippen molar-refractivity contribution in [3.05, 3.63) is 28.8 Å². The number of carbonyl (C=O) groups is 1. The highest BCUT2D eigenvalue weighted by Gasteiger charge is 2.37. The number of amides is 1. The number of rotatable bonds is 6. The second-order valence-corrected chi connectivity index (χ2v) is 5.74. The average molecular weight is 313 g/mol. The number of carbonyl (C=O) groups excluding carboxylic acids is 1. The van der Waals surface area contributed by atoms with Crippen LogP contribution in [0.4, 0.5) is 0 Å². The van der Waals surface area contributed by atoms with Gasteiger partial charge in [0.2, 0.25) is 5.91 Å². The fourth-order valence-electron chi connectivity index (χ4n) is 2.54. The van der Waals surface area contributed by atoms with Gasteiger partial charge in [0, 0.05) is 26.3 Å². The molecule has 0 atom stereocenters. The summed E-state index contributed by atoms with van der Waals surface area (Å²) in [6.45, 7) is 2.34. The lowest BCUT2D eigenvalue weighted by atomic mass is 9.79. The zero-order valence-electron chi connectivity index (χ0n) is 12.2. The van der Waals surface area contributed by atoms with Crippen LogP contribution < -0.4 is 15.8 Å². The molecular formula is C15H21ClN2O3. The van der Waals surface area contributed by atoms with Crippen LogP contribution >= 0.6 is 11.6 Å². The Morgan fingerprint density at radius 1 is 1.48 bits per heavy atom. The minimum atomic E-state index is -0.505. The van der Waals surface area contributed by atoms with Gasteiger partial charge in [-0.15, -0.1) is 0 Å². The first-order valence-corrected chi connectivity index (χ1v) is 7.36. The van der Waals surface area contributed by atoms with E-state index in [0.29, 0.717) is 49.9 Å². The zero-order chi connectivity index (χ0) is 15.3. The Hall–Kier alpha value is -1.30. The van der Waals surface area contributed by atoms with E-state index in [1.54, 1.807) is 7.11 Å². The summed E-state index contributed by atoms with van der Waals surface area (Å²) in [6, 6.07) is 5.63. The maximum Gasteiger partial charge on any atom is 0.225 e. The molecule has 0 aromatic heterocycles. The van der Waals surface area contributed by atoms with Gasteiger partial charge < -0.3 is 20.5 Å². The van der Waals surface area contributed by atoms with Crippen molar-refractivity contribution in [2.45, 2.75) is 19.4 Å². The van der Waals surface area contributed by atoms with Crippen LogP contribution in [0.15, 0.2) is 18.2 Å². The summed E-state index contributed by atoms with van der Waals surface area (Å²) in [4.78, 5) is 11.7. The van der Waals surface area contributed by atoms with Gasteiger partial charge in [0.15, 0.2) is 0 Å². The maximum atomic E-state index is 11.7. The summed E-state index contributed by atoms with van der Waals surface area (Å²) in [6.07, 6.45) is 1.33. The number of benzene rings is 1. The van der Waals surface area contributed by atoms with Crippen molar-refractivity contribution in [3.63, 3.8) is 0 Å². The molecule has 116 valence electrons. The predicted octanol–water partition coefficient (Wildman–Crippen LogP) is 1.72. The lowest BCUT2D eigenvalue weighted by molar-refractivity contribution is -0.132. The van der Waals surface area contributed by atoms with Crippen LogP contribution in [0.5, 0.6) is 5.75 Å². The fraction of sp³-hybridized carbons (Fsp3) is 0.533. The molecule has 1 saturated heterocycles. The summed E-state index contributed by atoms with van der Waals surface area (Å²) in [5, 5.41) is 3.88. The first-order valence-electron chi connectivity index (χ1n) is 6.98. The van der Waals surface area contributed by atoms with Gasteiger partial charge in [-0.05, 0) is 30.5 Å². The van der Waals surface area contributed by atoms with Gasteiger partial charge in [0.1, 0.15) is 5.75 Å². The molecule has 5 nitrogen and oxygen atoms in total. The number of primary amides is 1. The summed E-state index contributed by atoms with van der Waals surface area (Å²) in [7, 11) is 1.58. The molecule has 6 heteroatoms. The summed E-state index contributed by atoms with van der Waals surface area (Å²) in [5.74, 6) is 0.393. The molecule has 2 rings (SSSR count). The quantitative estimate of drug-likeness (QED) is 0.839. The van der Waals surface area contributed by atoms with Crippen LogP contribution in [0.25, 0.3) is 0 Å². The molecule has 21 heavy (non-hydrogen) atoms. The highest BCUT2D eigenvalue weighted by atomic mass is 35.5. The van der Waals surface area contributed by atoms with E-state index in [1.807, 2.05) is 18.2 Å². The van der Waals surface area contributed by atoms with E-state index in [2.05, 4.69) is 5.32 Å². The van der Waals surface area contributed by atoms with Crippen LogP contribution in [-0.2, 0) is 16.1 Å². The monoisotopic (exact) mass is 312 g/mol. The largest absolute Gasteiger partial charge is 0.495 e. The number of nitrogens with two attached hydrogens (primary N) is 1. The Balaban J connectivity index is 1.93. The molecule has 0 spiro atoms. The normalized spacial score (nSPS) is 17.4. The molecule has 0 unspecified atom stereocenters. The van der Waals surface area contributed by atoms with Crippen molar-refractivity contribution >= 4 is 17.5 Å². The molecule has 1 aromatic carbocycles. The van der Waals surface area contributed by atoms with Gasteiger partial charge in [0.25, 0.3) is 0 Å². The van der Waals surface area contributed by atoms with E-state index in [1.165, 1.54) is 0 Å². The second-order valence-electron chi connectivity index (χ2n) is 5.33. The number of halogens is 1. The van der Waals surface area contributed by atoms with E-state index in [-0.39, 0.29) is 5.91 Å². The number of ether oxygens (including phenoxy) is 2.